The fourth-order valence-electron chi connectivity index (χ4n) is 4.62. The van der Waals surface area contributed by atoms with Gasteiger partial charge in [0.1, 0.15) is 12.4 Å². The predicted octanol–water partition coefficient (Wildman–Crippen LogP) is 8.39. The number of hydrogen-bond acceptors (Lipinski definition) is 1. The molecule has 0 aliphatic heterocycles. The van der Waals surface area contributed by atoms with E-state index in [0.717, 1.165) is 36.0 Å². The Bertz CT molecular complexity index is 772. The third-order valence-corrected chi connectivity index (χ3v) is 6.66. The van der Waals surface area contributed by atoms with Crippen LogP contribution in [0.15, 0.2) is 36.4 Å². The van der Waals surface area contributed by atoms with Gasteiger partial charge in [0.15, 0.2) is 17.5 Å². The van der Waals surface area contributed by atoms with E-state index in [1.807, 2.05) is 12.1 Å². The summed E-state index contributed by atoms with van der Waals surface area (Å²) in [6, 6.07) is 9.91. The topological polar surface area (TPSA) is 9.23 Å². The van der Waals surface area contributed by atoms with Gasteiger partial charge >= 0.3 is 0 Å². The maximum atomic E-state index is 13.3. The van der Waals surface area contributed by atoms with Gasteiger partial charge in [-0.25, -0.2) is 13.2 Å². The Labute approximate surface area is 185 Å². The van der Waals surface area contributed by atoms with Gasteiger partial charge in [0.2, 0.25) is 0 Å². The van der Waals surface area contributed by atoms with E-state index in [1.165, 1.54) is 69.8 Å². The lowest BCUT2D eigenvalue weighted by atomic mass is 9.77. The van der Waals surface area contributed by atoms with Crippen LogP contribution in [-0.4, -0.2) is 0 Å². The summed E-state index contributed by atoms with van der Waals surface area (Å²) >= 11 is 0. The standard InChI is InChI=1S/C27H35F3O/c1-2-3-4-5-6-20-7-9-21(10-8-20)11-12-22-13-15-23(16-14-22)19-31-24-17-25(28)27(30)26(29)18-24/h13-18,20-21H,2-12,19H2,1H3. The quantitative estimate of drug-likeness (QED) is 0.256. The van der Waals surface area contributed by atoms with Crippen LogP contribution in [0.3, 0.4) is 0 Å². The molecular weight excluding hydrogens is 397 g/mol. The predicted molar refractivity (Wildman–Crippen MR) is 120 cm³/mol. The van der Waals surface area contributed by atoms with E-state index >= 15 is 0 Å². The monoisotopic (exact) mass is 432 g/mol. The lowest BCUT2D eigenvalue weighted by molar-refractivity contribution is 0.249. The first-order chi connectivity index (χ1) is 15.0. The molecule has 1 aliphatic carbocycles. The van der Waals surface area contributed by atoms with Crippen molar-refractivity contribution in [2.75, 3.05) is 0 Å². The molecule has 3 rings (SSSR count). The molecule has 0 aromatic heterocycles. The van der Waals surface area contributed by atoms with E-state index < -0.39 is 17.5 Å². The molecule has 31 heavy (non-hydrogen) atoms. The lowest BCUT2D eigenvalue weighted by Crippen LogP contribution is -2.15. The van der Waals surface area contributed by atoms with Gasteiger partial charge in [0.25, 0.3) is 0 Å². The Morgan fingerprint density at radius 2 is 1.35 bits per heavy atom. The average molecular weight is 433 g/mol. The van der Waals surface area contributed by atoms with Crippen LogP contribution in [0.5, 0.6) is 5.75 Å². The maximum absolute atomic E-state index is 13.3. The number of unbranched alkanes of at least 4 members (excludes halogenated alkanes) is 3. The highest BCUT2D eigenvalue weighted by molar-refractivity contribution is 5.27. The zero-order chi connectivity index (χ0) is 22.1. The summed E-state index contributed by atoms with van der Waals surface area (Å²) in [5.74, 6) is -2.17. The Morgan fingerprint density at radius 3 is 1.97 bits per heavy atom. The fourth-order valence-corrected chi connectivity index (χ4v) is 4.62. The number of benzene rings is 2. The third kappa shape index (κ3) is 7.59. The Hall–Kier alpha value is -1.97. The molecule has 0 atom stereocenters. The summed E-state index contributed by atoms with van der Waals surface area (Å²) in [6.45, 7) is 2.46. The van der Waals surface area contributed by atoms with Crippen molar-refractivity contribution in [3.05, 3.63) is 65.0 Å². The maximum Gasteiger partial charge on any atom is 0.194 e. The second kappa shape index (κ2) is 12.2. The number of hydrogen-bond donors (Lipinski definition) is 0. The smallest absolute Gasteiger partial charge is 0.194 e. The van der Waals surface area contributed by atoms with Gasteiger partial charge in [-0.2, -0.15) is 0 Å². The van der Waals surface area contributed by atoms with Gasteiger partial charge in [0, 0.05) is 12.1 Å². The van der Waals surface area contributed by atoms with Crippen LogP contribution in [0.25, 0.3) is 0 Å². The van der Waals surface area contributed by atoms with Gasteiger partial charge < -0.3 is 4.74 Å². The van der Waals surface area contributed by atoms with Crippen molar-refractivity contribution in [3.8, 4) is 5.75 Å². The molecule has 0 amide bonds. The van der Waals surface area contributed by atoms with E-state index in [2.05, 4.69) is 19.1 Å². The number of ether oxygens (including phenoxy) is 1. The molecule has 0 bridgehead atoms. The average Bonchev–Trinajstić information content (AvgIpc) is 2.79. The number of halogens is 3. The molecular formula is C27H35F3O. The summed E-state index contributed by atoms with van der Waals surface area (Å²) in [4.78, 5) is 0. The van der Waals surface area contributed by atoms with Crippen molar-refractivity contribution in [3.63, 3.8) is 0 Å². The Kier molecular flexibility index (Phi) is 9.30. The molecule has 0 heterocycles. The molecule has 0 saturated heterocycles. The van der Waals surface area contributed by atoms with E-state index in [0.29, 0.717) is 0 Å². The SMILES string of the molecule is CCCCCCC1CCC(CCc2ccc(COc3cc(F)c(F)c(F)c3)cc2)CC1. The van der Waals surface area contributed by atoms with Crippen molar-refractivity contribution < 1.29 is 17.9 Å². The van der Waals surface area contributed by atoms with Crippen LogP contribution in [0.2, 0.25) is 0 Å². The zero-order valence-electron chi connectivity index (χ0n) is 18.6. The molecule has 4 heteroatoms. The fraction of sp³-hybridized carbons (Fsp3) is 0.556. The molecule has 0 radical (unpaired) electrons. The first-order valence-electron chi connectivity index (χ1n) is 11.9. The van der Waals surface area contributed by atoms with E-state index in [4.69, 9.17) is 4.74 Å². The highest BCUT2D eigenvalue weighted by Crippen LogP contribution is 2.34. The minimum atomic E-state index is -1.47. The first kappa shape index (κ1) is 23.7. The lowest BCUT2D eigenvalue weighted by Gasteiger charge is -2.28. The van der Waals surface area contributed by atoms with Crippen molar-refractivity contribution >= 4 is 0 Å². The molecule has 1 saturated carbocycles. The minimum absolute atomic E-state index is 0.0126. The van der Waals surface area contributed by atoms with Crippen molar-refractivity contribution in [1.29, 1.82) is 0 Å². The molecule has 0 N–H and O–H groups in total. The van der Waals surface area contributed by atoms with Crippen LogP contribution in [0, 0.1) is 29.3 Å². The van der Waals surface area contributed by atoms with Crippen LogP contribution >= 0.6 is 0 Å². The van der Waals surface area contributed by atoms with Gasteiger partial charge in [0.05, 0.1) is 0 Å². The molecule has 1 fully saturated rings. The highest BCUT2D eigenvalue weighted by Gasteiger charge is 2.20. The number of aryl methyl sites for hydroxylation is 1. The summed E-state index contributed by atoms with van der Waals surface area (Å²) in [5.41, 5.74) is 2.22. The molecule has 0 unspecified atom stereocenters. The molecule has 2 aromatic rings. The molecule has 170 valence electrons. The van der Waals surface area contributed by atoms with Crippen LogP contribution < -0.4 is 4.74 Å². The molecule has 2 aromatic carbocycles. The second-order valence-corrected chi connectivity index (χ2v) is 9.08. The molecule has 0 spiro atoms. The zero-order valence-corrected chi connectivity index (χ0v) is 18.6. The highest BCUT2D eigenvalue weighted by atomic mass is 19.2. The van der Waals surface area contributed by atoms with Gasteiger partial charge in [-0.05, 0) is 35.8 Å². The van der Waals surface area contributed by atoms with Crippen molar-refractivity contribution in [2.24, 2.45) is 11.8 Å². The van der Waals surface area contributed by atoms with Gasteiger partial charge in [-0.1, -0.05) is 89.0 Å². The van der Waals surface area contributed by atoms with Crippen LogP contribution in [0.4, 0.5) is 13.2 Å². The van der Waals surface area contributed by atoms with Crippen LogP contribution in [0.1, 0.15) is 82.3 Å². The largest absolute Gasteiger partial charge is 0.489 e. The third-order valence-electron chi connectivity index (χ3n) is 6.66. The second-order valence-electron chi connectivity index (χ2n) is 9.08. The Morgan fingerprint density at radius 1 is 0.774 bits per heavy atom. The van der Waals surface area contributed by atoms with E-state index in [1.54, 1.807) is 0 Å². The van der Waals surface area contributed by atoms with Crippen LogP contribution in [-0.2, 0) is 13.0 Å². The van der Waals surface area contributed by atoms with Gasteiger partial charge in [-0.15, -0.1) is 0 Å². The van der Waals surface area contributed by atoms with Crippen molar-refractivity contribution in [2.45, 2.75) is 84.2 Å². The Balaban J connectivity index is 1.36. The molecule has 1 aliphatic rings. The molecule has 1 nitrogen and oxygen atoms in total. The normalized spacial score (nSPS) is 18.8. The number of rotatable bonds is 11. The van der Waals surface area contributed by atoms with Crippen molar-refractivity contribution in [1.82, 2.24) is 0 Å². The first-order valence-corrected chi connectivity index (χ1v) is 11.9. The van der Waals surface area contributed by atoms with Gasteiger partial charge in [-0.3, -0.25) is 0 Å². The summed E-state index contributed by atoms with van der Waals surface area (Å²) in [6.07, 6.45) is 14.8. The summed E-state index contributed by atoms with van der Waals surface area (Å²) in [5, 5.41) is 0. The summed E-state index contributed by atoms with van der Waals surface area (Å²) < 4.78 is 45.0. The summed E-state index contributed by atoms with van der Waals surface area (Å²) in [7, 11) is 0. The van der Waals surface area contributed by atoms with E-state index in [9.17, 15) is 13.2 Å². The van der Waals surface area contributed by atoms with E-state index in [-0.39, 0.29) is 12.4 Å². The minimum Gasteiger partial charge on any atom is -0.489 e.